The largest absolute Gasteiger partial charge is 0.299 e. The topological polar surface area (TPSA) is 84.3 Å². The standard InChI is InChI=1S/C16H16BrN3O3/c1-11-9-13(6-7-15(11)17)18-19-16(21)8-5-12-3-2-4-14(10-12)20(22)23/h2-4,6-7,9-10,18H,5,8H2,1H3,(H,19,21). The smallest absolute Gasteiger partial charge is 0.269 e. The number of carbonyl (C=O) groups is 1. The molecule has 0 saturated carbocycles. The van der Waals surface area contributed by atoms with E-state index in [1.165, 1.54) is 12.1 Å². The van der Waals surface area contributed by atoms with E-state index in [0.29, 0.717) is 6.42 Å². The molecule has 0 atom stereocenters. The van der Waals surface area contributed by atoms with Gasteiger partial charge < -0.3 is 0 Å². The summed E-state index contributed by atoms with van der Waals surface area (Å²) >= 11 is 3.41. The Balaban J connectivity index is 1.84. The minimum absolute atomic E-state index is 0.0337. The predicted octanol–water partition coefficient (Wildman–Crippen LogP) is 3.74. The van der Waals surface area contributed by atoms with Crippen LogP contribution in [0.1, 0.15) is 17.5 Å². The Kier molecular flexibility index (Phi) is 5.70. The van der Waals surface area contributed by atoms with Crippen LogP contribution in [0.25, 0.3) is 0 Å². The average Bonchev–Trinajstić information content (AvgIpc) is 2.54. The third kappa shape index (κ3) is 5.07. The van der Waals surface area contributed by atoms with Crippen LogP contribution in [0, 0.1) is 17.0 Å². The van der Waals surface area contributed by atoms with Crippen LogP contribution in [0.4, 0.5) is 11.4 Å². The van der Waals surface area contributed by atoms with Crippen molar-refractivity contribution in [1.82, 2.24) is 5.43 Å². The van der Waals surface area contributed by atoms with Gasteiger partial charge in [0.1, 0.15) is 0 Å². The number of nitro benzene ring substituents is 1. The first kappa shape index (κ1) is 17.0. The molecular formula is C16H16BrN3O3. The maximum absolute atomic E-state index is 11.8. The molecule has 0 aliphatic rings. The van der Waals surface area contributed by atoms with Crippen LogP contribution in [-0.4, -0.2) is 10.8 Å². The van der Waals surface area contributed by atoms with Crippen molar-refractivity contribution in [3.8, 4) is 0 Å². The Hall–Kier alpha value is -2.41. The molecule has 0 aromatic heterocycles. The molecule has 0 aliphatic heterocycles. The van der Waals surface area contributed by atoms with E-state index in [-0.39, 0.29) is 18.0 Å². The summed E-state index contributed by atoms with van der Waals surface area (Å²) < 4.78 is 1.00. The number of nitrogens with one attached hydrogen (secondary N) is 2. The lowest BCUT2D eigenvalue weighted by molar-refractivity contribution is -0.384. The van der Waals surface area contributed by atoms with Gasteiger partial charge in [-0.05, 0) is 42.7 Å². The third-order valence-corrected chi connectivity index (χ3v) is 4.16. The fraction of sp³-hybridized carbons (Fsp3) is 0.188. The van der Waals surface area contributed by atoms with E-state index in [1.807, 2.05) is 25.1 Å². The van der Waals surface area contributed by atoms with E-state index in [2.05, 4.69) is 26.8 Å². The molecule has 0 heterocycles. The number of nitrogens with zero attached hydrogens (tertiary/aromatic N) is 1. The minimum Gasteiger partial charge on any atom is -0.299 e. The van der Waals surface area contributed by atoms with Gasteiger partial charge in [0.2, 0.25) is 5.91 Å². The van der Waals surface area contributed by atoms with Crippen molar-refractivity contribution < 1.29 is 9.72 Å². The molecule has 2 rings (SSSR count). The first-order valence-electron chi connectivity index (χ1n) is 7.00. The van der Waals surface area contributed by atoms with E-state index >= 15 is 0 Å². The van der Waals surface area contributed by atoms with E-state index in [0.717, 1.165) is 21.3 Å². The van der Waals surface area contributed by atoms with Gasteiger partial charge in [0.15, 0.2) is 0 Å². The SMILES string of the molecule is Cc1cc(NNC(=O)CCc2cccc([N+](=O)[O-])c2)ccc1Br. The second kappa shape index (κ2) is 7.73. The van der Waals surface area contributed by atoms with Crippen molar-refractivity contribution in [3.63, 3.8) is 0 Å². The number of hydrogen-bond donors (Lipinski definition) is 2. The van der Waals surface area contributed by atoms with E-state index in [1.54, 1.807) is 12.1 Å². The monoisotopic (exact) mass is 377 g/mol. The molecule has 0 aliphatic carbocycles. The maximum Gasteiger partial charge on any atom is 0.269 e. The zero-order chi connectivity index (χ0) is 16.8. The Labute approximate surface area is 142 Å². The summed E-state index contributed by atoms with van der Waals surface area (Å²) in [6.45, 7) is 1.96. The van der Waals surface area contributed by atoms with Gasteiger partial charge >= 0.3 is 0 Å². The number of hydrazine groups is 1. The quantitative estimate of drug-likeness (QED) is 0.593. The number of halogens is 1. The second-order valence-electron chi connectivity index (χ2n) is 5.06. The molecule has 0 unspecified atom stereocenters. The molecule has 0 radical (unpaired) electrons. The second-order valence-corrected chi connectivity index (χ2v) is 5.92. The lowest BCUT2D eigenvalue weighted by atomic mass is 10.1. The van der Waals surface area contributed by atoms with Crippen molar-refractivity contribution in [1.29, 1.82) is 0 Å². The van der Waals surface area contributed by atoms with Crippen LogP contribution in [0.3, 0.4) is 0 Å². The van der Waals surface area contributed by atoms with Gasteiger partial charge in [-0.1, -0.05) is 28.1 Å². The highest BCUT2D eigenvalue weighted by molar-refractivity contribution is 9.10. The van der Waals surface area contributed by atoms with E-state index in [9.17, 15) is 14.9 Å². The van der Waals surface area contributed by atoms with Crippen molar-refractivity contribution in [2.75, 3.05) is 5.43 Å². The van der Waals surface area contributed by atoms with Gasteiger partial charge in [-0.25, -0.2) is 0 Å². The summed E-state index contributed by atoms with van der Waals surface area (Å²) in [5.74, 6) is -0.183. The molecule has 120 valence electrons. The Morgan fingerprint density at radius 2 is 2.04 bits per heavy atom. The van der Waals surface area contributed by atoms with Crippen LogP contribution < -0.4 is 10.9 Å². The zero-order valence-electron chi connectivity index (χ0n) is 12.5. The Bertz CT molecular complexity index is 734. The van der Waals surface area contributed by atoms with Gasteiger partial charge in [0.05, 0.1) is 10.6 Å². The molecule has 2 aromatic carbocycles. The predicted molar refractivity (Wildman–Crippen MR) is 92.1 cm³/mol. The van der Waals surface area contributed by atoms with Gasteiger partial charge in [0.25, 0.3) is 5.69 Å². The summed E-state index contributed by atoms with van der Waals surface area (Å²) in [6, 6.07) is 12.0. The number of hydrogen-bond acceptors (Lipinski definition) is 4. The Morgan fingerprint density at radius 1 is 1.26 bits per heavy atom. The number of benzene rings is 2. The summed E-state index contributed by atoms with van der Waals surface area (Å²) in [5, 5.41) is 10.7. The number of non-ortho nitro benzene ring substituents is 1. The van der Waals surface area contributed by atoms with Gasteiger partial charge in [-0.2, -0.15) is 0 Å². The van der Waals surface area contributed by atoms with Crippen LogP contribution in [0.5, 0.6) is 0 Å². The number of rotatable bonds is 6. The van der Waals surface area contributed by atoms with Gasteiger partial charge in [0, 0.05) is 23.0 Å². The van der Waals surface area contributed by atoms with Crippen molar-refractivity contribution in [2.24, 2.45) is 0 Å². The van der Waals surface area contributed by atoms with Crippen molar-refractivity contribution in [3.05, 3.63) is 68.2 Å². The fourth-order valence-electron chi connectivity index (χ4n) is 2.01. The number of anilines is 1. The first-order valence-corrected chi connectivity index (χ1v) is 7.79. The van der Waals surface area contributed by atoms with Crippen LogP contribution in [0.2, 0.25) is 0 Å². The molecule has 1 amide bonds. The normalized spacial score (nSPS) is 10.2. The number of nitro groups is 1. The van der Waals surface area contributed by atoms with Gasteiger partial charge in [-0.15, -0.1) is 0 Å². The Morgan fingerprint density at radius 3 is 2.74 bits per heavy atom. The number of aryl methyl sites for hydroxylation is 2. The van der Waals surface area contributed by atoms with Crippen molar-refractivity contribution in [2.45, 2.75) is 19.8 Å². The first-order chi connectivity index (χ1) is 11.0. The highest BCUT2D eigenvalue weighted by Crippen LogP contribution is 2.19. The molecule has 23 heavy (non-hydrogen) atoms. The molecule has 7 heteroatoms. The molecule has 2 aromatic rings. The highest BCUT2D eigenvalue weighted by Gasteiger charge is 2.07. The maximum atomic E-state index is 11.8. The van der Waals surface area contributed by atoms with Crippen LogP contribution >= 0.6 is 15.9 Å². The molecule has 2 N–H and O–H groups in total. The zero-order valence-corrected chi connectivity index (χ0v) is 14.1. The fourth-order valence-corrected chi connectivity index (χ4v) is 2.26. The average molecular weight is 378 g/mol. The molecule has 0 spiro atoms. The summed E-state index contributed by atoms with van der Waals surface area (Å²) in [6.07, 6.45) is 0.679. The molecular weight excluding hydrogens is 362 g/mol. The number of amides is 1. The molecule has 6 nitrogen and oxygen atoms in total. The summed E-state index contributed by atoms with van der Waals surface area (Å²) in [4.78, 5) is 22.1. The van der Waals surface area contributed by atoms with E-state index < -0.39 is 4.92 Å². The summed E-state index contributed by atoms with van der Waals surface area (Å²) in [5.41, 5.74) is 8.10. The lowest BCUT2D eigenvalue weighted by Gasteiger charge is -2.10. The van der Waals surface area contributed by atoms with Crippen LogP contribution in [0.15, 0.2) is 46.9 Å². The molecule has 0 saturated heterocycles. The highest BCUT2D eigenvalue weighted by atomic mass is 79.9. The summed E-state index contributed by atoms with van der Waals surface area (Å²) in [7, 11) is 0. The minimum atomic E-state index is -0.443. The molecule has 0 bridgehead atoms. The lowest BCUT2D eigenvalue weighted by Crippen LogP contribution is -2.29. The molecule has 0 fully saturated rings. The number of carbonyl (C=O) groups excluding carboxylic acids is 1. The van der Waals surface area contributed by atoms with Crippen LogP contribution in [-0.2, 0) is 11.2 Å². The van der Waals surface area contributed by atoms with Crippen molar-refractivity contribution >= 4 is 33.2 Å². The van der Waals surface area contributed by atoms with E-state index in [4.69, 9.17) is 0 Å². The van der Waals surface area contributed by atoms with Gasteiger partial charge in [-0.3, -0.25) is 25.8 Å². The third-order valence-electron chi connectivity index (χ3n) is 3.27.